The van der Waals surface area contributed by atoms with Crippen molar-refractivity contribution in [3.63, 3.8) is 0 Å². The van der Waals surface area contributed by atoms with Crippen LogP contribution in [0.25, 0.3) is 21.9 Å². The number of hydrogen-bond acceptors (Lipinski definition) is 6. The van der Waals surface area contributed by atoms with Gasteiger partial charge in [-0.15, -0.1) is 0 Å². The van der Waals surface area contributed by atoms with Crippen LogP contribution in [0.4, 0.5) is 5.82 Å². The van der Waals surface area contributed by atoms with Gasteiger partial charge in [-0.1, -0.05) is 0 Å². The Bertz CT molecular complexity index is 813. The third kappa shape index (κ3) is 2.11. The first-order valence-electron chi connectivity index (χ1n) is 6.47. The summed E-state index contributed by atoms with van der Waals surface area (Å²) in [6, 6.07) is 5.57. The van der Waals surface area contributed by atoms with Crippen LogP contribution in [0, 0.1) is 0 Å². The van der Waals surface area contributed by atoms with Crippen LogP contribution in [0.15, 0.2) is 18.2 Å². The number of fused-ring (bicyclic) bond motifs is 2. The van der Waals surface area contributed by atoms with Crippen molar-refractivity contribution in [1.82, 2.24) is 14.8 Å². The Balaban J connectivity index is 2.31. The number of anilines is 1. The van der Waals surface area contributed by atoms with Gasteiger partial charge in [0.15, 0.2) is 23.0 Å². The molecular weight excluding hydrogens is 272 g/mol. The first-order valence-corrected chi connectivity index (χ1v) is 6.47. The zero-order valence-electron chi connectivity index (χ0n) is 11.8. The number of pyridine rings is 1. The molecule has 0 atom stereocenters. The number of aliphatic hydroxyl groups is 1. The van der Waals surface area contributed by atoms with Gasteiger partial charge in [-0.25, -0.2) is 9.67 Å². The van der Waals surface area contributed by atoms with Gasteiger partial charge in [-0.3, -0.25) is 0 Å². The van der Waals surface area contributed by atoms with Gasteiger partial charge < -0.3 is 20.3 Å². The van der Waals surface area contributed by atoms with Crippen LogP contribution in [0.1, 0.15) is 0 Å². The number of ether oxygens (including phenoxy) is 2. The van der Waals surface area contributed by atoms with Gasteiger partial charge in [-0.2, -0.15) is 5.10 Å². The highest BCUT2D eigenvalue weighted by Crippen LogP contribution is 2.33. The van der Waals surface area contributed by atoms with Gasteiger partial charge in [0, 0.05) is 11.5 Å². The SMILES string of the molecule is COc1cc2cc3c(N)nn(CCO)c3nc2cc1OC. The number of nitrogens with two attached hydrogens (primary N) is 1. The maximum absolute atomic E-state index is 9.09. The molecule has 2 aromatic heterocycles. The zero-order valence-corrected chi connectivity index (χ0v) is 11.8. The van der Waals surface area contributed by atoms with Gasteiger partial charge >= 0.3 is 0 Å². The molecule has 0 aliphatic rings. The van der Waals surface area contributed by atoms with E-state index in [0.29, 0.717) is 29.5 Å². The number of nitrogens with zero attached hydrogens (tertiary/aromatic N) is 3. The molecule has 21 heavy (non-hydrogen) atoms. The van der Waals surface area contributed by atoms with Crippen molar-refractivity contribution in [3.8, 4) is 11.5 Å². The molecule has 3 aromatic rings. The average molecular weight is 288 g/mol. The van der Waals surface area contributed by atoms with Gasteiger partial charge in [-0.05, 0) is 12.1 Å². The van der Waals surface area contributed by atoms with E-state index >= 15 is 0 Å². The second-order valence-corrected chi connectivity index (χ2v) is 4.59. The van der Waals surface area contributed by atoms with Gasteiger partial charge in [0.1, 0.15) is 0 Å². The summed E-state index contributed by atoms with van der Waals surface area (Å²) in [7, 11) is 3.17. The summed E-state index contributed by atoms with van der Waals surface area (Å²) in [4.78, 5) is 4.57. The maximum Gasteiger partial charge on any atom is 0.162 e. The van der Waals surface area contributed by atoms with Gasteiger partial charge in [0.2, 0.25) is 0 Å². The number of aliphatic hydroxyl groups excluding tert-OH is 1. The van der Waals surface area contributed by atoms with E-state index in [1.54, 1.807) is 25.0 Å². The second-order valence-electron chi connectivity index (χ2n) is 4.59. The third-order valence-electron chi connectivity index (χ3n) is 3.36. The molecule has 1 aromatic carbocycles. The second kappa shape index (κ2) is 5.10. The minimum absolute atomic E-state index is 0.0259. The summed E-state index contributed by atoms with van der Waals surface area (Å²) in [5.74, 6) is 1.63. The lowest BCUT2D eigenvalue weighted by Crippen LogP contribution is -2.05. The molecule has 7 nitrogen and oxygen atoms in total. The molecule has 0 aliphatic heterocycles. The van der Waals surface area contributed by atoms with Crippen molar-refractivity contribution in [3.05, 3.63) is 18.2 Å². The monoisotopic (exact) mass is 288 g/mol. The maximum atomic E-state index is 9.09. The Labute approximate surface area is 120 Å². The average Bonchev–Trinajstić information content (AvgIpc) is 2.80. The van der Waals surface area contributed by atoms with E-state index in [2.05, 4.69) is 10.1 Å². The van der Waals surface area contributed by atoms with Crippen LogP contribution in [-0.4, -0.2) is 40.7 Å². The molecule has 0 amide bonds. The summed E-state index contributed by atoms with van der Waals surface area (Å²) in [5.41, 5.74) is 7.30. The number of methoxy groups -OCH3 is 2. The van der Waals surface area contributed by atoms with Crippen molar-refractivity contribution in [1.29, 1.82) is 0 Å². The molecule has 0 radical (unpaired) electrons. The Morgan fingerprint density at radius 3 is 2.57 bits per heavy atom. The molecule has 0 fully saturated rings. The quantitative estimate of drug-likeness (QED) is 0.748. The van der Waals surface area contributed by atoms with Crippen LogP contribution in [0.3, 0.4) is 0 Å². The largest absolute Gasteiger partial charge is 0.493 e. The molecule has 0 spiro atoms. The van der Waals surface area contributed by atoms with E-state index in [4.69, 9.17) is 20.3 Å². The molecule has 0 saturated carbocycles. The molecule has 2 heterocycles. The minimum Gasteiger partial charge on any atom is -0.493 e. The van der Waals surface area contributed by atoms with Crippen LogP contribution >= 0.6 is 0 Å². The first kappa shape index (κ1) is 13.4. The number of nitrogen functional groups attached to an aromatic ring is 1. The van der Waals surface area contributed by atoms with E-state index in [0.717, 1.165) is 16.3 Å². The summed E-state index contributed by atoms with van der Waals surface area (Å²) in [6.07, 6.45) is 0. The molecule has 0 saturated heterocycles. The molecule has 3 rings (SSSR count). The highest BCUT2D eigenvalue weighted by Gasteiger charge is 2.13. The van der Waals surface area contributed by atoms with Gasteiger partial charge in [0.25, 0.3) is 0 Å². The molecular formula is C14H16N4O3. The highest BCUT2D eigenvalue weighted by atomic mass is 16.5. The zero-order chi connectivity index (χ0) is 15.0. The van der Waals surface area contributed by atoms with Crippen LogP contribution in [0.2, 0.25) is 0 Å². The lowest BCUT2D eigenvalue weighted by atomic mass is 10.1. The standard InChI is InChI=1S/C14H16N4O3/c1-20-11-6-8-5-9-13(15)17-18(3-4-19)14(9)16-10(8)7-12(11)21-2/h5-7,19H,3-4H2,1-2H3,(H2,15,17). The van der Waals surface area contributed by atoms with Crippen molar-refractivity contribution >= 4 is 27.8 Å². The van der Waals surface area contributed by atoms with E-state index < -0.39 is 0 Å². The fourth-order valence-corrected chi connectivity index (χ4v) is 2.36. The van der Waals surface area contributed by atoms with E-state index in [1.807, 2.05) is 12.1 Å². The van der Waals surface area contributed by atoms with E-state index in [-0.39, 0.29) is 6.61 Å². The summed E-state index contributed by atoms with van der Waals surface area (Å²) in [5, 5.41) is 14.9. The molecule has 7 heteroatoms. The Morgan fingerprint density at radius 2 is 1.90 bits per heavy atom. The molecule has 0 unspecified atom stereocenters. The Kier molecular flexibility index (Phi) is 3.26. The third-order valence-corrected chi connectivity index (χ3v) is 3.36. The van der Waals surface area contributed by atoms with Crippen molar-refractivity contribution in [2.45, 2.75) is 6.54 Å². The Morgan fingerprint density at radius 1 is 1.19 bits per heavy atom. The fourth-order valence-electron chi connectivity index (χ4n) is 2.36. The molecule has 110 valence electrons. The minimum atomic E-state index is -0.0259. The smallest absolute Gasteiger partial charge is 0.162 e. The number of aromatic nitrogens is 3. The number of benzene rings is 1. The molecule has 0 aliphatic carbocycles. The fraction of sp³-hybridized carbons (Fsp3) is 0.286. The lowest BCUT2D eigenvalue weighted by Gasteiger charge is -2.09. The van der Waals surface area contributed by atoms with Crippen LogP contribution in [-0.2, 0) is 6.54 Å². The van der Waals surface area contributed by atoms with Crippen molar-refractivity contribution < 1.29 is 14.6 Å². The highest BCUT2D eigenvalue weighted by molar-refractivity contribution is 5.97. The lowest BCUT2D eigenvalue weighted by molar-refractivity contribution is 0.271. The molecule has 0 bridgehead atoms. The van der Waals surface area contributed by atoms with Crippen LogP contribution < -0.4 is 15.2 Å². The van der Waals surface area contributed by atoms with Crippen molar-refractivity contribution in [2.75, 3.05) is 26.6 Å². The number of hydrogen-bond donors (Lipinski definition) is 2. The normalized spacial score (nSPS) is 11.2. The first-order chi connectivity index (χ1) is 10.2. The number of rotatable bonds is 4. The van der Waals surface area contributed by atoms with Crippen molar-refractivity contribution in [2.24, 2.45) is 0 Å². The Hall–Kier alpha value is -2.54. The topological polar surface area (TPSA) is 95.4 Å². The van der Waals surface area contributed by atoms with E-state index in [9.17, 15) is 0 Å². The molecule has 3 N–H and O–H groups in total. The summed E-state index contributed by atoms with van der Waals surface area (Å²) < 4.78 is 12.2. The van der Waals surface area contributed by atoms with Gasteiger partial charge in [0.05, 0.1) is 38.3 Å². The predicted molar refractivity (Wildman–Crippen MR) is 79.6 cm³/mol. The summed E-state index contributed by atoms with van der Waals surface area (Å²) in [6.45, 7) is 0.321. The van der Waals surface area contributed by atoms with E-state index in [1.165, 1.54) is 0 Å². The summed E-state index contributed by atoms with van der Waals surface area (Å²) >= 11 is 0. The predicted octanol–water partition coefficient (Wildman–Crippen LogP) is 1.18. The van der Waals surface area contributed by atoms with Crippen LogP contribution in [0.5, 0.6) is 11.5 Å².